The lowest BCUT2D eigenvalue weighted by Gasteiger charge is -2.43. The highest BCUT2D eigenvalue weighted by Gasteiger charge is 2.50. The van der Waals surface area contributed by atoms with Crippen molar-refractivity contribution in [2.75, 3.05) is 18.0 Å². The quantitative estimate of drug-likeness (QED) is 0.238. The Morgan fingerprint density at radius 2 is 1.61 bits per heavy atom. The summed E-state index contributed by atoms with van der Waals surface area (Å²) in [7, 11) is -3.05. The fourth-order valence-electron chi connectivity index (χ4n) is 6.32. The van der Waals surface area contributed by atoms with Crippen LogP contribution in [0, 0.1) is 23.0 Å². The van der Waals surface area contributed by atoms with Crippen LogP contribution in [0.1, 0.15) is 62.4 Å². The molecule has 1 saturated heterocycles. The summed E-state index contributed by atoms with van der Waals surface area (Å²) in [6.07, 6.45) is -1.98. The van der Waals surface area contributed by atoms with Gasteiger partial charge in [0.1, 0.15) is 12.2 Å². The zero-order valence-corrected chi connectivity index (χ0v) is 27.4. The van der Waals surface area contributed by atoms with Crippen molar-refractivity contribution in [3.63, 3.8) is 0 Å². The van der Waals surface area contributed by atoms with Crippen molar-refractivity contribution in [1.29, 1.82) is 5.26 Å². The Morgan fingerprint density at radius 3 is 2.14 bits per heavy atom. The second kappa shape index (κ2) is 12.9. The first-order valence-corrected chi connectivity index (χ1v) is 17.4. The van der Waals surface area contributed by atoms with Crippen LogP contribution in [0.4, 0.5) is 14.5 Å². The van der Waals surface area contributed by atoms with Gasteiger partial charge in [-0.1, -0.05) is 81.4 Å². The summed E-state index contributed by atoms with van der Waals surface area (Å²) in [5, 5.41) is 22.5. The van der Waals surface area contributed by atoms with E-state index in [-0.39, 0.29) is 45.7 Å². The number of nitrogens with zero attached hydrogens (tertiary/aromatic N) is 3. The minimum Gasteiger partial charge on any atom is -0.403 e. The summed E-state index contributed by atoms with van der Waals surface area (Å²) in [6.45, 7) is 11.0. The summed E-state index contributed by atoms with van der Waals surface area (Å²) in [5.41, 5.74) is 1.64. The van der Waals surface area contributed by atoms with Crippen LogP contribution in [0.25, 0.3) is 0 Å². The molecule has 2 heterocycles. The van der Waals surface area contributed by atoms with Crippen molar-refractivity contribution in [2.24, 2.45) is 0 Å². The van der Waals surface area contributed by atoms with Crippen molar-refractivity contribution in [2.45, 2.75) is 64.6 Å². The van der Waals surface area contributed by atoms with Gasteiger partial charge < -0.3 is 19.2 Å². The van der Waals surface area contributed by atoms with E-state index in [0.29, 0.717) is 18.7 Å². The molecule has 1 aliphatic rings. The number of thiazole rings is 1. The number of ether oxygens (including phenoxy) is 1. The van der Waals surface area contributed by atoms with Gasteiger partial charge in [0.15, 0.2) is 17.3 Å². The molecule has 1 fully saturated rings. The smallest absolute Gasteiger partial charge is 0.261 e. The first-order chi connectivity index (χ1) is 21.0. The average molecular weight is 634 g/mol. The first-order valence-electron chi connectivity index (χ1n) is 14.7. The van der Waals surface area contributed by atoms with Crippen LogP contribution in [-0.4, -0.2) is 43.7 Å². The highest BCUT2D eigenvalue weighted by molar-refractivity contribution is 7.09. The number of nitriles is 1. The van der Waals surface area contributed by atoms with Gasteiger partial charge in [0.25, 0.3) is 8.32 Å². The molecule has 1 unspecified atom stereocenters. The van der Waals surface area contributed by atoms with Crippen molar-refractivity contribution in [1.82, 2.24) is 4.98 Å². The number of benzene rings is 3. The van der Waals surface area contributed by atoms with Crippen LogP contribution in [0.2, 0.25) is 5.04 Å². The van der Waals surface area contributed by atoms with Crippen LogP contribution in [0.5, 0.6) is 0 Å². The largest absolute Gasteiger partial charge is 0.403 e. The molecular formula is C34H37F2N3O3SSi. The lowest BCUT2D eigenvalue weighted by Crippen LogP contribution is -2.66. The molecule has 44 heavy (non-hydrogen) atoms. The molecule has 0 saturated carbocycles. The number of hydrogen-bond acceptors (Lipinski definition) is 7. The number of morpholine rings is 1. The lowest BCUT2D eigenvalue weighted by molar-refractivity contribution is -0.00554. The Hall–Kier alpha value is -3.46. The number of anilines is 1. The topological polar surface area (TPSA) is 78.6 Å². The molecule has 3 aromatic carbocycles. The van der Waals surface area contributed by atoms with E-state index in [1.54, 1.807) is 0 Å². The molecule has 1 aliphatic heterocycles. The number of aliphatic hydroxyl groups is 1. The van der Waals surface area contributed by atoms with Gasteiger partial charge >= 0.3 is 0 Å². The van der Waals surface area contributed by atoms with E-state index in [0.717, 1.165) is 21.7 Å². The Bertz CT molecular complexity index is 1590. The summed E-state index contributed by atoms with van der Waals surface area (Å²) in [4.78, 5) is 5.93. The molecule has 10 heteroatoms. The fraction of sp³-hybridized carbons (Fsp3) is 0.353. The first kappa shape index (κ1) is 31.9. The minimum atomic E-state index is -3.05. The van der Waals surface area contributed by atoms with Crippen molar-refractivity contribution in [3.05, 3.63) is 106 Å². The second-order valence-electron chi connectivity index (χ2n) is 12.3. The molecule has 1 N–H and O–H groups in total. The lowest BCUT2D eigenvalue weighted by atomic mass is 10.00. The third kappa shape index (κ3) is 5.95. The van der Waals surface area contributed by atoms with Crippen LogP contribution in [0.3, 0.4) is 0 Å². The van der Waals surface area contributed by atoms with Crippen LogP contribution >= 0.6 is 11.3 Å². The van der Waals surface area contributed by atoms with Gasteiger partial charge in [-0.2, -0.15) is 5.26 Å². The number of aliphatic hydroxyl groups excluding tert-OH is 1. The molecule has 0 radical (unpaired) electrons. The molecule has 0 aliphatic carbocycles. The van der Waals surface area contributed by atoms with Gasteiger partial charge in [-0.05, 0) is 35.3 Å². The van der Waals surface area contributed by atoms with E-state index < -0.39 is 26.1 Å². The van der Waals surface area contributed by atoms with E-state index in [9.17, 15) is 10.4 Å². The van der Waals surface area contributed by atoms with Gasteiger partial charge in [0.2, 0.25) is 0 Å². The summed E-state index contributed by atoms with van der Waals surface area (Å²) in [5.74, 6) is -2.22. The highest BCUT2D eigenvalue weighted by atomic mass is 32.1. The van der Waals surface area contributed by atoms with Crippen molar-refractivity contribution < 1.29 is 23.1 Å². The number of hydrogen-bond donors (Lipinski definition) is 1. The van der Waals surface area contributed by atoms with Crippen molar-refractivity contribution >= 4 is 35.7 Å². The molecule has 0 bridgehead atoms. The molecule has 0 spiro atoms. The van der Waals surface area contributed by atoms with E-state index >= 15 is 8.78 Å². The monoisotopic (exact) mass is 633 g/mol. The Morgan fingerprint density at radius 1 is 1.05 bits per heavy atom. The van der Waals surface area contributed by atoms with Gasteiger partial charge in [-0.3, -0.25) is 0 Å². The highest BCUT2D eigenvalue weighted by Crippen LogP contribution is 2.40. The zero-order valence-electron chi connectivity index (χ0n) is 25.6. The molecule has 6 nitrogen and oxygen atoms in total. The number of halogens is 2. The third-order valence-electron chi connectivity index (χ3n) is 8.13. The maximum Gasteiger partial charge on any atom is 0.261 e. The number of rotatable bonds is 8. The Balaban J connectivity index is 1.69. The fourth-order valence-corrected chi connectivity index (χ4v) is 11.6. The third-order valence-corrected chi connectivity index (χ3v) is 14.0. The van der Waals surface area contributed by atoms with E-state index in [1.165, 1.54) is 11.6 Å². The van der Waals surface area contributed by atoms with E-state index in [2.05, 4.69) is 50.0 Å². The molecule has 4 aromatic rings. The maximum atomic E-state index is 16.4. The van der Waals surface area contributed by atoms with Gasteiger partial charge in [0.05, 0.1) is 34.9 Å². The minimum absolute atomic E-state index is 0.0210. The summed E-state index contributed by atoms with van der Waals surface area (Å²) in [6, 6.07) is 23.6. The zero-order chi connectivity index (χ0) is 31.6. The Kier molecular flexibility index (Phi) is 9.35. The standard InChI is InChI=1S/C34H37F2N3O3SSi/c1-22-18-39(19-23(2)42-22)31-24(16-27(29(35)30(31)36)32(40)33-28(17-37)38-21-43-33)20-41-44(34(3,4)5,25-12-8-6-9-13-25)26-14-10-7-11-15-26/h6-16,21-23,32,40H,18-20H2,1-5H3/t22-,23+,32?. The molecule has 3 atom stereocenters. The second-order valence-corrected chi connectivity index (χ2v) is 17.5. The molecule has 230 valence electrons. The van der Waals surface area contributed by atoms with Gasteiger partial charge in [-0.25, -0.2) is 13.8 Å². The van der Waals surface area contributed by atoms with E-state index in [4.69, 9.17) is 9.16 Å². The van der Waals surface area contributed by atoms with Crippen LogP contribution in [0.15, 0.2) is 72.2 Å². The molecule has 1 aromatic heterocycles. The van der Waals surface area contributed by atoms with E-state index in [1.807, 2.05) is 61.2 Å². The summed E-state index contributed by atoms with van der Waals surface area (Å²) >= 11 is 1.02. The normalized spacial score (nSPS) is 18.2. The predicted octanol–water partition coefficient (Wildman–Crippen LogP) is 6.06. The molecule has 5 rings (SSSR count). The summed E-state index contributed by atoms with van der Waals surface area (Å²) < 4.78 is 45.3. The van der Waals surface area contributed by atoms with Gasteiger partial charge in [-0.15, -0.1) is 11.3 Å². The van der Waals surface area contributed by atoms with Crippen molar-refractivity contribution in [3.8, 4) is 6.07 Å². The predicted molar refractivity (Wildman–Crippen MR) is 172 cm³/mol. The van der Waals surface area contributed by atoms with Crippen LogP contribution in [-0.2, 0) is 15.8 Å². The van der Waals surface area contributed by atoms with Gasteiger partial charge in [0, 0.05) is 24.2 Å². The average Bonchev–Trinajstić information content (AvgIpc) is 3.48. The molecular weight excluding hydrogens is 597 g/mol. The SMILES string of the molecule is C[C@@H]1CN(c2c(CO[Si](c3ccccc3)(c3ccccc3)C(C)(C)C)cc(C(O)c3scnc3C#N)c(F)c2F)C[C@H](C)O1. The molecule has 0 amide bonds. The maximum absolute atomic E-state index is 16.4. The number of aromatic nitrogens is 1. The Labute approximate surface area is 262 Å². The van der Waals surface area contributed by atoms with Crippen LogP contribution < -0.4 is 15.3 Å².